The lowest BCUT2D eigenvalue weighted by Crippen LogP contribution is -2.46. The highest BCUT2D eigenvalue weighted by Crippen LogP contribution is 2.39. The SMILES string of the molecule is CC1(C)CCC(O)C(CN2CCCCCC2CO)C1. The van der Waals surface area contributed by atoms with Gasteiger partial charge in [0.1, 0.15) is 0 Å². The smallest absolute Gasteiger partial charge is 0.0586 e. The second-order valence-corrected chi connectivity index (χ2v) is 7.42. The fourth-order valence-electron chi connectivity index (χ4n) is 3.89. The highest BCUT2D eigenvalue weighted by molar-refractivity contribution is 4.88. The molecule has 112 valence electrons. The monoisotopic (exact) mass is 269 g/mol. The number of likely N-dealkylation sites (tertiary alicyclic amines) is 1. The van der Waals surface area contributed by atoms with Crippen molar-refractivity contribution < 1.29 is 10.2 Å². The summed E-state index contributed by atoms with van der Waals surface area (Å²) in [6, 6.07) is 0.319. The van der Waals surface area contributed by atoms with Crippen LogP contribution in [0.3, 0.4) is 0 Å². The van der Waals surface area contributed by atoms with Gasteiger partial charge in [0, 0.05) is 12.6 Å². The summed E-state index contributed by atoms with van der Waals surface area (Å²) in [4.78, 5) is 2.45. The molecule has 0 aromatic carbocycles. The molecular weight excluding hydrogens is 238 g/mol. The first-order valence-electron chi connectivity index (χ1n) is 8.05. The minimum Gasteiger partial charge on any atom is -0.395 e. The highest BCUT2D eigenvalue weighted by atomic mass is 16.3. The van der Waals surface area contributed by atoms with E-state index in [0.29, 0.717) is 17.4 Å². The summed E-state index contributed by atoms with van der Waals surface area (Å²) in [6.45, 7) is 6.96. The number of hydrogen-bond acceptors (Lipinski definition) is 3. The van der Waals surface area contributed by atoms with Crippen molar-refractivity contribution in [1.82, 2.24) is 4.90 Å². The Bertz CT molecular complexity index is 280. The van der Waals surface area contributed by atoms with E-state index in [9.17, 15) is 10.2 Å². The number of rotatable bonds is 3. The van der Waals surface area contributed by atoms with Crippen LogP contribution in [-0.4, -0.2) is 47.0 Å². The van der Waals surface area contributed by atoms with Crippen molar-refractivity contribution in [3.8, 4) is 0 Å². The molecule has 1 aliphatic carbocycles. The van der Waals surface area contributed by atoms with Crippen LogP contribution < -0.4 is 0 Å². The van der Waals surface area contributed by atoms with Gasteiger partial charge < -0.3 is 10.2 Å². The maximum absolute atomic E-state index is 10.3. The van der Waals surface area contributed by atoms with E-state index in [1.54, 1.807) is 0 Å². The molecule has 2 rings (SSSR count). The first-order valence-corrected chi connectivity index (χ1v) is 8.05. The Balaban J connectivity index is 1.96. The summed E-state index contributed by atoms with van der Waals surface area (Å²) in [5.74, 6) is 0.385. The quantitative estimate of drug-likeness (QED) is 0.827. The van der Waals surface area contributed by atoms with Gasteiger partial charge in [-0.15, -0.1) is 0 Å². The molecule has 1 saturated carbocycles. The number of nitrogens with zero attached hydrogens (tertiary/aromatic N) is 1. The fraction of sp³-hybridized carbons (Fsp3) is 1.00. The van der Waals surface area contributed by atoms with Gasteiger partial charge in [0.05, 0.1) is 12.7 Å². The summed E-state index contributed by atoms with van der Waals surface area (Å²) in [7, 11) is 0. The number of hydrogen-bond donors (Lipinski definition) is 2. The van der Waals surface area contributed by atoms with Crippen LogP contribution in [0, 0.1) is 11.3 Å². The minimum atomic E-state index is -0.143. The molecule has 3 unspecified atom stereocenters. The summed E-state index contributed by atoms with van der Waals surface area (Å²) in [6.07, 6.45) is 7.92. The molecule has 0 spiro atoms. The van der Waals surface area contributed by atoms with Gasteiger partial charge in [-0.05, 0) is 50.0 Å². The Hall–Kier alpha value is -0.120. The van der Waals surface area contributed by atoms with Gasteiger partial charge in [-0.25, -0.2) is 0 Å². The molecule has 19 heavy (non-hydrogen) atoms. The average molecular weight is 269 g/mol. The van der Waals surface area contributed by atoms with Gasteiger partial charge in [0.15, 0.2) is 0 Å². The third-order valence-corrected chi connectivity index (χ3v) is 5.15. The van der Waals surface area contributed by atoms with E-state index in [1.165, 1.54) is 19.3 Å². The summed E-state index contributed by atoms with van der Waals surface area (Å²) in [5.41, 5.74) is 0.366. The first-order chi connectivity index (χ1) is 9.02. The lowest BCUT2D eigenvalue weighted by molar-refractivity contribution is -0.00727. The van der Waals surface area contributed by atoms with Gasteiger partial charge in [-0.2, -0.15) is 0 Å². The first kappa shape index (κ1) is 15.3. The summed E-state index contributed by atoms with van der Waals surface area (Å²) >= 11 is 0. The third kappa shape index (κ3) is 4.17. The van der Waals surface area contributed by atoms with Crippen LogP contribution in [0.25, 0.3) is 0 Å². The van der Waals surface area contributed by atoms with Crippen molar-refractivity contribution in [1.29, 1.82) is 0 Å². The second-order valence-electron chi connectivity index (χ2n) is 7.42. The zero-order chi connectivity index (χ0) is 13.9. The lowest BCUT2D eigenvalue weighted by atomic mass is 9.70. The molecule has 2 fully saturated rings. The Labute approximate surface area is 118 Å². The fourth-order valence-corrected chi connectivity index (χ4v) is 3.89. The third-order valence-electron chi connectivity index (χ3n) is 5.15. The maximum atomic E-state index is 10.3. The van der Waals surface area contributed by atoms with E-state index < -0.39 is 0 Å². The molecule has 1 heterocycles. The van der Waals surface area contributed by atoms with E-state index in [0.717, 1.165) is 38.8 Å². The molecule has 0 amide bonds. The molecule has 0 bridgehead atoms. The maximum Gasteiger partial charge on any atom is 0.0586 e. The zero-order valence-electron chi connectivity index (χ0n) is 12.6. The van der Waals surface area contributed by atoms with Crippen molar-refractivity contribution in [3.05, 3.63) is 0 Å². The van der Waals surface area contributed by atoms with E-state index in [-0.39, 0.29) is 12.7 Å². The van der Waals surface area contributed by atoms with Crippen LogP contribution in [-0.2, 0) is 0 Å². The van der Waals surface area contributed by atoms with Gasteiger partial charge in [-0.1, -0.05) is 26.7 Å². The predicted molar refractivity (Wildman–Crippen MR) is 78.0 cm³/mol. The number of aliphatic hydroxyl groups is 2. The molecule has 0 radical (unpaired) electrons. The minimum absolute atomic E-state index is 0.143. The molecule has 0 aromatic rings. The van der Waals surface area contributed by atoms with Crippen molar-refractivity contribution in [3.63, 3.8) is 0 Å². The van der Waals surface area contributed by atoms with Gasteiger partial charge in [0.25, 0.3) is 0 Å². The van der Waals surface area contributed by atoms with Crippen LogP contribution in [0.4, 0.5) is 0 Å². The van der Waals surface area contributed by atoms with Crippen molar-refractivity contribution in [2.45, 2.75) is 70.9 Å². The molecule has 2 aliphatic rings. The van der Waals surface area contributed by atoms with Crippen molar-refractivity contribution in [2.24, 2.45) is 11.3 Å². The van der Waals surface area contributed by atoms with E-state index in [4.69, 9.17) is 0 Å². The number of aliphatic hydroxyl groups excluding tert-OH is 2. The standard InChI is InChI=1S/C16H31NO2/c1-16(2)8-7-15(19)13(10-16)11-17-9-5-3-4-6-14(17)12-18/h13-15,18-19H,3-12H2,1-2H3. The van der Waals surface area contributed by atoms with E-state index in [1.807, 2.05) is 0 Å². The van der Waals surface area contributed by atoms with Crippen LogP contribution in [0.1, 0.15) is 58.8 Å². The van der Waals surface area contributed by atoms with Crippen molar-refractivity contribution in [2.75, 3.05) is 19.7 Å². The molecule has 1 saturated heterocycles. The normalized spacial score (nSPS) is 36.9. The Morgan fingerprint density at radius 3 is 2.68 bits per heavy atom. The van der Waals surface area contributed by atoms with E-state index >= 15 is 0 Å². The summed E-state index contributed by atoms with van der Waals surface area (Å²) < 4.78 is 0. The molecule has 3 atom stereocenters. The van der Waals surface area contributed by atoms with Crippen molar-refractivity contribution >= 4 is 0 Å². The Morgan fingerprint density at radius 2 is 1.95 bits per heavy atom. The molecule has 0 aromatic heterocycles. The Morgan fingerprint density at radius 1 is 1.16 bits per heavy atom. The second kappa shape index (κ2) is 6.55. The van der Waals surface area contributed by atoms with E-state index in [2.05, 4.69) is 18.7 Å². The van der Waals surface area contributed by atoms with Crippen LogP contribution in [0.2, 0.25) is 0 Å². The average Bonchev–Trinajstić information content (AvgIpc) is 2.58. The van der Waals surface area contributed by atoms with Crippen LogP contribution >= 0.6 is 0 Å². The molecule has 3 nitrogen and oxygen atoms in total. The zero-order valence-corrected chi connectivity index (χ0v) is 12.6. The summed E-state index contributed by atoms with van der Waals surface area (Å²) in [5, 5.41) is 19.9. The largest absolute Gasteiger partial charge is 0.395 e. The molecule has 3 heteroatoms. The lowest BCUT2D eigenvalue weighted by Gasteiger charge is -2.42. The van der Waals surface area contributed by atoms with Crippen LogP contribution in [0.15, 0.2) is 0 Å². The van der Waals surface area contributed by atoms with Gasteiger partial charge in [-0.3, -0.25) is 4.90 Å². The topological polar surface area (TPSA) is 43.7 Å². The molecule has 2 N–H and O–H groups in total. The highest BCUT2D eigenvalue weighted by Gasteiger charge is 2.35. The molecular formula is C16H31NO2. The van der Waals surface area contributed by atoms with Gasteiger partial charge >= 0.3 is 0 Å². The molecule has 1 aliphatic heterocycles. The predicted octanol–water partition coefficient (Wildman–Crippen LogP) is 2.41. The Kier molecular flexibility index (Phi) is 5.27. The van der Waals surface area contributed by atoms with Gasteiger partial charge in [0.2, 0.25) is 0 Å². The van der Waals surface area contributed by atoms with Crippen LogP contribution in [0.5, 0.6) is 0 Å².